The molecule has 0 spiro atoms. The maximum absolute atomic E-state index is 12.6. The molecular formula is C13H15FN2O. The van der Waals surface area contributed by atoms with E-state index in [4.69, 9.17) is 4.42 Å². The normalized spacial score (nSPS) is 10.4. The highest BCUT2D eigenvalue weighted by molar-refractivity contribution is 5.42. The summed E-state index contributed by atoms with van der Waals surface area (Å²) >= 11 is 0. The van der Waals surface area contributed by atoms with Crippen molar-refractivity contribution in [2.45, 2.75) is 6.54 Å². The lowest BCUT2D eigenvalue weighted by atomic mass is 10.3. The molecule has 17 heavy (non-hydrogen) atoms. The predicted octanol–water partition coefficient (Wildman–Crippen LogP) is 2.62. The van der Waals surface area contributed by atoms with Crippen molar-refractivity contribution in [2.24, 2.45) is 0 Å². The zero-order valence-corrected chi connectivity index (χ0v) is 9.45. The van der Waals surface area contributed by atoms with Gasteiger partial charge in [-0.05, 0) is 36.4 Å². The molecule has 4 heteroatoms. The molecule has 2 rings (SSSR count). The van der Waals surface area contributed by atoms with Gasteiger partial charge in [-0.1, -0.05) is 0 Å². The van der Waals surface area contributed by atoms with Crippen molar-refractivity contribution in [1.82, 2.24) is 5.32 Å². The molecule has 0 aliphatic carbocycles. The molecule has 1 aromatic heterocycles. The molecule has 2 aromatic rings. The van der Waals surface area contributed by atoms with Gasteiger partial charge in [0.05, 0.1) is 12.8 Å². The van der Waals surface area contributed by atoms with Crippen LogP contribution in [0.5, 0.6) is 0 Å². The van der Waals surface area contributed by atoms with E-state index in [2.05, 4.69) is 10.6 Å². The van der Waals surface area contributed by atoms with E-state index >= 15 is 0 Å². The molecule has 0 atom stereocenters. The Morgan fingerprint density at radius 3 is 2.59 bits per heavy atom. The van der Waals surface area contributed by atoms with Gasteiger partial charge >= 0.3 is 0 Å². The third kappa shape index (κ3) is 3.92. The first kappa shape index (κ1) is 11.7. The van der Waals surface area contributed by atoms with Crippen LogP contribution in [0, 0.1) is 5.82 Å². The topological polar surface area (TPSA) is 37.2 Å². The van der Waals surface area contributed by atoms with Crippen LogP contribution in [0.4, 0.5) is 10.1 Å². The van der Waals surface area contributed by atoms with Crippen LogP contribution in [-0.2, 0) is 6.54 Å². The fourth-order valence-corrected chi connectivity index (χ4v) is 1.49. The van der Waals surface area contributed by atoms with Crippen LogP contribution in [0.25, 0.3) is 0 Å². The third-order valence-corrected chi connectivity index (χ3v) is 2.35. The molecule has 0 saturated heterocycles. The summed E-state index contributed by atoms with van der Waals surface area (Å²) in [5.41, 5.74) is 0.922. The van der Waals surface area contributed by atoms with Gasteiger partial charge in [0, 0.05) is 18.8 Å². The van der Waals surface area contributed by atoms with E-state index in [1.807, 2.05) is 12.1 Å². The lowest BCUT2D eigenvalue weighted by molar-refractivity contribution is 0.486. The second-order valence-corrected chi connectivity index (χ2v) is 3.69. The Hall–Kier alpha value is -1.81. The lowest BCUT2D eigenvalue weighted by Gasteiger charge is -2.06. The van der Waals surface area contributed by atoms with Crippen molar-refractivity contribution in [2.75, 3.05) is 18.4 Å². The first-order valence-electron chi connectivity index (χ1n) is 5.57. The van der Waals surface area contributed by atoms with E-state index in [1.54, 1.807) is 18.4 Å². The number of benzene rings is 1. The van der Waals surface area contributed by atoms with Crippen LogP contribution in [0.3, 0.4) is 0 Å². The molecule has 2 N–H and O–H groups in total. The number of anilines is 1. The predicted molar refractivity (Wildman–Crippen MR) is 65.3 cm³/mol. The minimum atomic E-state index is -0.216. The standard InChI is InChI=1S/C13H15FN2O/c14-11-3-5-12(6-4-11)16-8-7-15-10-13-2-1-9-17-13/h1-6,9,15-16H,7-8,10H2. The van der Waals surface area contributed by atoms with Crippen LogP contribution in [-0.4, -0.2) is 13.1 Å². The van der Waals surface area contributed by atoms with E-state index in [0.29, 0.717) is 0 Å². The van der Waals surface area contributed by atoms with Crippen molar-refractivity contribution >= 4 is 5.69 Å². The summed E-state index contributed by atoms with van der Waals surface area (Å²) in [7, 11) is 0. The number of furan rings is 1. The van der Waals surface area contributed by atoms with Crippen LogP contribution in [0.2, 0.25) is 0 Å². The second-order valence-electron chi connectivity index (χ2n) is 3.69. The second kappa shape index (κ2) is 6.06. The van der Waals surface area contributed by atoms with E-state index in [1.165, 1.54) is 12.1 Å². The molecule has 0 saturated carbocycles. The van der Waals surface area contributed by atoms with E-state index in [9.17, 15) is 4.39 Å². The molecule has 1 heterocycles. The molecule has 0 radical (unpaired) electrons. The summed E-state index contributed by atoms with van der Waals surface area (Å²) < 4.78 is 17.8. The van der Waals surface area contributed by atoms with Gasteiger partial charge in [-0.25, -0.2) is 4.39 Å². The number of rotatable bonds is 6. The number of hydrogen-bond acceptors (Lipinski definition) is 3. The van der Waals surface area contributed by atoms with Crippen LogP contribution >= 0.6 is 0 Å². The van der Waals surface area contributed by atoms with Gasteiger partial charge in [0.1, 0.15) is 11.6 Å². The van der Waals surface area contributed by atoms with E-state index in [-0.39, 0.29) is 5.82 Å². The molecule has 0 aliphatic heterocycles. The van der Waals surface area contributed by atoms with Crippen molar-refractivity contribution in [3.8, 4) is 0 Å². The Kier molecular flexibility index (Phi) is 4.16. The van der Waals surface area contributed by atoms with Gasteiger partial charge in [0.25, 0.3) is 0 Å². The molecule has 0 unspecified atom stereocenters. The van der Waals surface area contributed by atoms with E-state index < -0.39 is 0 Å². The minimum Gasteiger partial charge on any atom is -0.468 e. The average molecular weight is 234 g/mol. The Labute approximate surface area is 99.6 Å². The maximum Gasteiger partial charge on any atom is 0.123 e. The number of halogens is 1. The SMILES string of the molecule is Fc1ccc(NCCNCc2ccco2)cc1. The van der Waals surface area contributed by atoms with Gasteiger partial charge in [-0.15, -0.1) is 0 Å². The summed E-state index contributed by atoms with van der Waals surface area (Å²) in [6.45, 7) is 2.32. The first-order chi connectivity index (χ1) is 8.34. The smallest absolute Gasteiger partial charge is 0.123 e. The van der Waals surface area contributed by atoms with Crippen LogP contribution < -0.4 is 10.6 Å². The number of hydrogen-bond donors (Lipinski definition) is 2. The summed E-state index contributed by atoms with van der Waals surface area (Å²) in [6, 6.07) is 10.1. The molecule has 3 nitrogen and oxygen atoms in total. The zero-order chi connectivity index (χ0) is 11.9. The number of nitrogens with one attached hydrogen (secondary N) is 2. The summed E-state index contributed by atoms with van der Waals surface area (Å²) in [5, 5.41) is 6.43. The van der Waals surface area contributed by atoms with Crippen molar-refractivity contribution < 1.29 is 8.81 Å². The monoisotopic (exact) mass is 234 g/mol. The Morgan fingerprint density at radius 1 is 1.06 bits per heavy atom. The maximum atomic E-state index is 12.6. The molecule has 0 aliphatic rings. The first-order valence-corrected chi connectivity index (χ1v) is 5.57. The molecule has 0 amide bonds. The van der Waals surface area contributed by atoms with Crippen molar-refractivity contribution in [3.63, 3.8) is 0 Å². The quantitative estimate of drug-likeness (QED) is 0.754. The third-order valence-electron chi connectivity index (χ3n) is 2.35. The molecule has 0 bridgehead atoms. The molecule has 1 aromatic carbocycles. The molecule has 0 fully saturated rings. The van der Waals surface area contributed by atoms with Gasteiger partial charge in [0.15, 0.2) is 0 Å². The molecular weight excluding hydrogens is 219 g/mol. The summed E-state index contributed by atoms with van der Waals surface area (Å²) in [4.78, 5) is 0. The fraction of sp³-hybridized carbons (Fsp3) is 0.231. The average Bonchev–Trinajstić information content (AvgIpc) is 2.84. The Morgan fingerprint density at radius 2 is 1.88 bits per heavy atom. The van der Waals surface area contributed by atoms with Crippen LogP contribution in [0.15, 0.2) is 47.1 Å². The zero-order valence-electron chi connectivity index (χ0n) is 9.45. The Bertz CT molecular complexity index is 425. The minimum absolute atomic E-state index is 0.216. The Balaban J connectivity index is 1.61. The van der Waals surface area contributed by atoms with Crippen molar-refractivity contribution in [3.05, 3.63) is 54.2 Å². The molecule has 90 valence electrons. The van der Waals surface area contributed by atoms with Gasteiger partial charge in [-0.2, -0.15) is 0 Å². The van der Waals surface area contributed by atoms with Gasteiger partial charge in [-0.3, -0.25) is 0 Å². The lowest BCUT2D eigenvalue weighted by Crippen LogP contribution is -2.21. The summed E-state index contributed by atoms with van der Waals surface area (Å²) in [6.07, 6.45) is 1.66. The largest absolute Gasteiger partial charge is 0.468 e. The van der Waals surface area contributed by atoms with E-state index in [0.717, 1.165) is 31.1 Å². The van der Waals surface area contributed by atoms with Crippen LogP contribution in [0.1, 0.15) is 5.76 Å². The van der Waals surface area contributed by atoms with Crippen molar-refractivity contribution in [1.29, 1.82) is 0 Å². The van der Waals surface area contributed by atoms with Gasteiger partial charge < -0.3 is 15.1 Å². The highest BCUT2D eigenvalue weighted by Gasteiger charge is 1.95. The summed E-state index contributed by atoms with van der Waals surface area (Å²) in [5.74, 6) is 0.707. The van der Waals surface area contributed by atoms with Gasteiger partial charge in [0.2, 0.25) is 0 Å². The fourth-order valence-electron chi connectivity index (χ4n) is 1.49. The highest BCUT2D eigenvalue weighted by Crippen LogP contribution is 2.07. The highest BCUT2D eigenvalue weighted by atomic mass is 19.1.